The van der Waals surface area contributed by atoms with Gasteiger partial charge in [-0.1, -0.05) is 6.92 Å². The number of nitrogens with zero attached hydrogens (tertiary/aromatic N) is 1. The molecule has 18 heavy (non-hydrogen) atoms. The summed E-state index contributed by atoms with van der Waals surface area (Å²) in [5.74, 6) is -1.51. The quantitative estimate of drug-likeness (QED) is 0.579. The normalized spacial score (nSPS) is 21.3. The predicted molar refractivity (Wildman–Crippen MR) is 63.6 cm³/mol. The second-order valence-corrected chi connectivity index (χ2v) is 4.29. The summed E-state index contributed by atoms with van der Waals surface area (Å²) in [6, 6.07) is -1.36. The van der Waals surface area contributed by atoms with E-state index in [1.54, 1.807) is 0 Å². The molecule has 1 aliphatic heterocycles. The van der Waals surface area contributed by atoms with Crippen LogP contribution in [0, 0.1) is 0 Å². The van der Waals surface area contributed by atoms with Gasteiger partial charge < -0.3 is 21.1 Å². The van der Waals surface area contributed by atoms with Gasteiger partial charge in [-0.15, -0.1) is 0 Å². The van der Waals surface area contributed by atoms with Crippen LogP contribution in [0.2, 0.25) is 0 Å². The highest BCUT2D eigenvalue weighted by Crippen LogP contribution is 2.11. The van der Waals surface area contributed by atoms with Crippen LogP contribution >= 0.6 is 0 Å². The smallest absolute Gasteiger partial charge is 0.303 e. The third kappa shape index (κ3) is 3.43. The number of nitrogens with one attached hydrogen (secondary N) is 1. The molecule has 2 unspecified atom stereocenters. The van der Waals surface area contributed by atoms with Gasteiger partial charge in [-0.25, -0.2) is 0 Å². The standard InChI is InChI=1S/C11H19N3O4/c1-2-8-10(17)13-5-6-14(8)11(18)7(12)3-4-9(15)16/h7-8H,2-6,12H2,1H3,(H,13,17)(H,15,16). The maximum absolute atomic E-state index is 12.1. The second-order valence-electron chi connectivity index (χ2n) is 4.29. The number of carboxylic acid groups (broad SMARTS) is 1. The third-order valence-corrected chi connectivity index (χ3v) is 2.99. The van der Waals surface area contributed by atoms with Crippen molar-refractivity contribution in [2.24, 2.45) is 5.73 Å². The van der Waals surface area contributed by atoms with E-state index < -0.39 is 18.1 Å². The van der Waals surface area contributed by atoms with E-state index >= 15 is 0 Å². The Kier molecular flexibility index (Phi) is 5.08. The Morgan fingerprint density at radius 1 is 1.61 bits per heavy atom. The van der Waals surface area contributed by atoms with Crippen molar-refractivity contribution in [3.8, 4) is 0 Å². The Morgan fingerprint density at radius 3 is 2.83 bits per heavy atom. The van der Waals surface area contributed by atoms with Crippen molar-refractivity contribution in [1.29, 1.82) is 0 Å². The molecule has 1 aliphatic rings. The summed E-state index contributed by atoms with van der Waals surface area (Å²) in [6.07, 6.45) is 0.454. The second kappa shape index (κ2) is 6.34. The highest BCUT2D eigenvalue weighted by Gasteiger charge is 2.33. The SMILES string of the molecule is CCC1C(=O)NCCN1C(=O)C(N)CCC(=O)O. The molecule has 1 fully saturated rings. The zero-order chi connectivity index (χ0) is 13.7. The Labute approximate surface area is 105 Å². The monoisotopic (exact) mass is 257 g/mol. The molecule has 0 spiro atoms. The van der Waals surface area contributed by atoms with E-state index in [0.29, 0.717) is 19.5 Å². The first-order valence-electron chi connectivity index (χ1n) is 6.03. The Morgan fingerprint density at radius 2 is 2.28 bits per heavy atom. The van der Waals surface area contributed by atoms with E-state index in [9.17, 15) is 14.4 Å². The summed E-state index contributed by atoms with van der Waals surface area (Å²) in [7, 11) is 0. The molecular weight excluding hydrogens is 238 g/mol. The van der Waals surface area contributed by atoms with Crippen LogP contribution in [0.15, 0.2) is 0 Å². The number of carbonyl (C=O) groups is 3. The number of carbonyl (C=O) groups excluding carboxylic acids is 2. The number of hydrogen-bond donors (Lipinski definition) is 3. The lowest BCUT2D eigenvalue weighted by Gasteiger charge is -2.35. The molecule has 7 nitrogen and oxygen atoms in total. The highest BCUT2D eigenvalue weighted by molar-refractivity contribution is 5.90. The minimum atomic E-state index is -0.985. The maximum Gasteiger partial charge on any atom is 0.303 e. The molecule has 0 aromatic carbocycles. The van der Waals surface area contributed by atoms with Gasteiger partial charge in [0.25, 0.3) is 0 Å². The fraction of sp³-hybridized carbons (Fsp3) is 0.727. The van der Waals surface area contributed by atoms with Gasteiger partial charge in [0.1, 0.15) is 6.04 Å². The summed E-state index contributed by atoms with van der Waals surface area (Å²) in [5, 5.41) is 11.2. The van der Waals surface area contributed by atoms with Crippen LogP contribution in [0.4, 0.5) is 0 Å². The molecule has 1 rings (SSSR count). The van der Waals surface area contributed by atoms with Crippen molar-refractivity contribution >= 4 is 17.8 Å². The Balaban J connectivity index is 2.63. The van der Waals surface area contributed by atoms with Crippen LogP contribution in [0.5, 0.6) is 0 Å². The minimum absolute atomic E-state index is 0.0860. The van der Waals surface area contributed by atoms with Gasteiger partial charge in [0.15, 0.2) is 0 Å². The number of rotatable bonds is 5. The predicted octanol–water partition coefficient (Wildman–Crippen LogP) is -1.08. The lowest BCUT2D eigenvalue weighted by molar-refractivity contribution is -0.144. The van der Waals surface area contributed by atoms with Crippen molar-refractivity contribution in [2.75, 3.05) is 13.1 Å². The van der Waals surface area contributed by atoms with E-state index in [1.165, 1.54) is 4.90 Å². The molecule has 0 aromatic heterocycles. The van der Waals surface area contributed by atoms with Gasteiger partial charge in [0.05, 0.1) is 6.04 Å². The first-order chi connectivity index (χ1) is 8.47. The van der Waals surface area contributed by atoms with Gasteiger partial charge in [-0.3, -0.25) is 14.4 Å². The van der Waals surface area contributed by atoms with Crippen LogP contribution < -0.4 is 11.1 Å². The summed E-state index contributed by atoms with van der Waals surface area (Å²) in [6.45, 7) is 2.65. The van der Waals surface area contributed by atoms with Crippen LogP contribution in [-0.4, -0.2) is 53.0 Å². The van der Waals surface area contributed by atoms with Crippen molar-refractivity contribution in [2.45, 2.75) is 38.3 Å². The Bertz CT molecular complexity index is 345. The minimum Gasteiger partial charge on any atom is -0.481 e. The van der Waals surface area contributed by atoms with Gasteiger partial charge >= 0.3 is 5.97 Å². The van der Waals surface area contributed by atoms with Crippen LogP contribution in [0.25, 0.3) is 0 Å². The number of aliphatic carboxylic acids is 1. The molecule has 102 valence electrons. The summed E-state index contributed by atoms with van der Waals surface area (Å²) >= 11 is 0. The molecule has 4 N–H and O–H groups in total. The molecule has 2 atom stereocenters. The van der Waals surface area contributed by atoms with Crippen LogP contribution in [-0.2, 0) is 14.4 Å². The molecule has 0 aliphatic carbocycles. The fourth-order valence-electron chi connectivity index (χ4n) is 2.00. The third-order valence-electron chi connectivity index (χ3n) is 2.99. The molecule has 0 bridgehead atoms. The number of hydrogen-bond acceptors (Lipinski definition) is 4. The molecule has 7 heteroatoms. The largest absolute Gasteiger partial charge is 0.481 e. The van der Waals surface area contributed by atoms with Crippen LogP contribution in [0.1, 0.15) is 26.2 Å². The van der Waals surface area contributed by atoms with Crippen molar-refractivity contribution in [3.63, 3.8) is 0 Å². The molecule has 0 aromatic rings. The lowest BCUT2D eigenvalue weighted by Crippen LogP contribution is -2.60. The average Bonchev–Trinajstić information content (AvgIpc) is 2.34. The van der Waals surface area contributed by atoms with E-state index in [1.807, 2.05) is 6.92 Å². The highest BCUT2D eigenvalue weighted by atomic mass is 16.4. The number of carboxylic acids is 1. The van der Waals surface area contributed by atoms with Gasteiger partial charge in [-0.2, -0.15) is 0 Å². The first-order valence-corrected chi connectivity index (χ1v) is 6.03. The average molecular weight is 257 g/mol. The van der Waals surface area contributed by atoms with E-state index in [4.69, 9.17) is 10.8 Å². The number of amides is 2. The summed E-state index contributed by atoms with van der Waals surface area (Å²) in [5.41, 5.74) is 5.67. The molecule has 2 amide bonds. The molecule has 0 saturated carbocycles. The van der Waals surface area contributed by atoms with Gasteiger partial charge in [0.2, 0.25) is 11.8 Å². The van der Waals surface area contributed by atoms with Crippen molar-refractivity contribution in [3.05, 3.63) is 0 Å². The molecule has 0 radical (unpaired) electrons. The molecule has 1 saturated heterocycles. The number of nitrogens with two attached hydrogens (primary N) is 1. The summed E-state index contributed by atoms with van der Waals surface area (Å²) < 4.78 is 0. The summed E-state index contributed by atoms with van der Waals surface area (Å²) in [4.78, 5) is 35.5. The fourth-order valence-corrected chi connectivity index (χ4v) is 2.00. The van der Waals surface area contributed by atoms with Gasteiger partial charge in [0, 0.05) is 19.5 Å². The lowest BCUT2D eigenvalue weighted by atomic mass is 10.1. The molecule has 1 heterocycles. The first kappa shape index (κ1) is 14.4. The van der Waals surface area contributed by atoms with Gasteiger partial charge in [-0.05, 0) is 12.8 Å². The van der Waals surface area contributed by atoms with E-state index in [0.717, 1.165) is 0 Å². The van der Waals surface area contributed by atoms with E-state index in [2.05, 4.69) is 5.32 Å². The van der Waals surface area contributed by atoms with Crippen molar-refractivity contribution in [1.82, 2.24) is 10.2 Å². The maximum atomic E-state index is 12.1. The molecular formula is C11H19N3O4. The Hall–Kier alpha value is -1.63. The zero-order valence-corrected chi connectivity index (χ0v) is 10.4. The topological polar surface area (TPSA) is 113 Å². The van der Waals surface area contributed by atoms with Crippen LogP contribution in [0.3, 0.4) is 0 Å². The number of piperazine rings is 1. The zero-order valence-electron chi connectivity index (χ0n) is 10.4. The van der Waals surface area contributed by atoms with Crippen molar-refractivity contribution < 1.29 is 19.5 Å². The van der Waals surface area contributed by atoms with E-state index in [-0.39, 0.29) is 24.7 Å².